The molecule has 0 aromatic rings. The van der Waals surface area contributed by atoms with Gasteiger partial charge in [0.15, 0.2) is 0 Å². The van der Waals surface area contributed by atoms with Crippen molar-refractivity contribution >= 4 is 0 Å². The molecule has 0 aromatic carbocycles. The van der Waals surface area contributed by atoms with Crippen molar-refractivity contribution in [3.05, 3.63) is 0 Å². The smallest absolute Gasteiger partial charge is 0.0252 e. The average Bonchev–Trinajstić information content (AvgIpc) is 3.23. The van der Waals surface area contributed by atoms with E-state index in [-0.39, 0.29) is 0 Å². The molecule has 19 heavy (non-hydrogen) atoms. The fraction of sp³-hybridized carbons (Fsp3) is 1.00. The molecule has 2 aliphatic carbocycles. The van der Waals surface area contributed by atoms with Crippen molar-refractivity contribution in [1.29, 1.82) is 0 Å². The third-order valence-electron chi connectivity index (χ3n) is 5.95. The molecule has 1 N–H and O–H groups in total. The van der Waals surface area contributed by atoms with Crippen LogP contribution >= 0.6 is 0 Å². The van der Waals surface area contributed by atoms with Crippen LogP contribution in [0.3, 0.4) is 0 Å². The summed E-state index contributed by atoms with van der Waals surface area (Å²) in [5, 5.41) is 3.75. The predicted molar refractivity (Wildman–Crippen MR) is 83.5 cm³/mol. The third kappa shape index (κ3) is 3.52. The Hall–Kier alpha value is -0.0800. The summed E-state index contributed by atoms with van der Waals surface area (Å²) in [6.45, 7) is 10.7. The molecule has 0 heterocycles. The first-order chi connectivity index (χ1) is 8.99. The minimum absolute atomic E-state index is 0.514. The first-order valence-electron chi connectivity index (χ1n) is 8.45. The molecule has 0 aromatic heterocycles. The molecule has 3 atom stereocenters. The highest BCUT2D eigenvalue weighted by Gasteiger charge is 2.41. The highest BCUT2D eigenvalue weighted by molar-refractivity contribution is 4.97. The van der Waals surface area contributed by atoms with Gasteiger partial charge in [-0.25, -0.2) is 0 Å². The second kappa shape index (κ2) is 6.13. The SMILES string of the molecule is CCNC1CCC(C(C)(C)CC)CC1N(C)C1CC1. The van der Waals surface area contributed by atoms with Crippen molar-refractivity contribution in [2.45, 2.75) is 84.3 Å². The van der Waals surface area contributed by atoms with Gasteiger partial charge < -0.3 is 5.32 Å². The maximum absolute atomic E-state index is 3.75. The Balaban J connectivity index is 2.04. The molecule has 2 rings (SSSR count). The zero-order valence-corrected chi connectivity index (χ0v) is 13.7. The van der Waals surface area contributed by atoms with E-state index in [0.29, 0.717) is 5.41 Å². The molecule has 0 saturated heterocycles. The second-order valence-corrected chi connectivity index (χ2v) is 7.48. The molecule has 2 aliphatic rings. The van der Waals surface area contributed by atoms with Gasteiger partial charge in [0.2, 0.25) is 0 Å². The topological polar surface area (TPSA) is 15.3 Å². The van der Waals surface area contributed by atoms with Gasteiger partial charge in [0, 0.05) is 18.1 Å². The van der Waals surface area contributed by atoms with Crippen molar-refractivity contribution in [1.82, 2.24) is 10.2 Å². The molecule has 2 fully saturated rings. The van der Waals surface area contributed by atoms with Gasteiger partial charge in [-0.05, 0) is 57.0 Å². The van der Waals surface area contributed by atoms with Gasteiger partial charge in [-0.1, -0.05) is 34.1 Å². The predicted octanol–water partition coefficient (Wildman–Crippen LogP) is 3.66. The van der Waals surface area contributed by atoms with E-state index in [1.807, 2.05) is 0 Å². The van der Waals surface area contributed by atoms with Crippen LogP contribution in [-0.2, 0) is 0 Å². The lowest BCUT2D eigenvalue weighted by molar-refractivity contribution is 0.0593. The van der Waals surface area contributed by atoms with Gasteiger partial charge in [0.25, 0.3) is 0 Å². The molecule has 0 spiro atoms. The number of likely N-dealkylation sites (N-methyl/N-ethyl adjacent to an activating group) is 2. The van der Waals surface area contributed by atoms with Crippen LogP contribution in [-0.4, -0.2) is 36.6 Å². The van der Waals surface area contributed by atoms with E-state index in [0.717, 1.165) is 30.6 Å². The number of nitrogens with zero attached hydrogens (tertiary/aromatic N) is 1. The highest BCUT2D eigenvalue weighted by atomic mass is 15.2. The molecule has 0 radical (unpaired) electrons. The van der Waals surface area contributed by atoms with Crippen molar-refractivity contribution in [3.63, 3.8) is 0 Å². The first kappa shape index (κ1) is 15.3. The Bertz CT molecular complexity index is 283. The van der Waals surface area contributed by atoms with E-state index < -0.39 is 0 Å². The van der Waals surface area contributed by atoms with Gasteiger partial charge in [0.05, 0.1) is 0 Å². The van der Waals surface area contributed by atoms with E-state index in [2.05, 4.69) is 45.0 Å². The summed E-state index contributed by atoms with van der Waals surface area (Å²) < 4.78 is 0. The van der Waals surface area contributed by atoms with Crippen LogP contribution in [0.5, 0.6) is 0 Å². The van der Waals surface area contributed by atoms with E-state index >= 15 is 0 Å². The van der Waals surface area contributed by atoms with E-state index in [9.17, 15) is 0 Å². The zero-order valence-electron chi connectivity index (χ0n) is 13.7. The molecule has 3 unspecified atom stereocenters. The summed E-state index contributed by atoms with van der Waals surface area (Å²) in [5.74, 6) is 0.901. The summed E-state index contributed by atoms with van der Waals surface area (Å²) in [7, 11) is 2.37. The highest BCUT2D eigenvalue weighted by Crippen LogP contribution is 2.43. The monoisotopic (exact) mass is 266 g/mol. The summed E-state index contributed by atoms with van der Waals surface area (Å²) >= 11 is 0. The van der Waals surface area contributed by atoms with Crippen LogP contribution in [0.4, 0.5) is 0 Å². The average molecular weight is 266 g/mol. The standard InChI is InChI=1S/C17H34N2/c1-6-17(3,4)13-8-11-15(18-7-2)16(12-13)19(5)14-9-10-14/h13-16,18H,6-12H2,1-5H3. The molecular formula is C17H34N2. The minimum Gasteiger partial charge on any atom is -0.313 e. The lowest BCUT2D eigenvalue weighted by Crippen LogP contribution is -2.54. The van der Waals surface area contributed by atoms with Crippen LogP contribution in [0.15, 0.2) is 0 Å². The molecule has 0 bridgehead atoms. The Kier molecular flexibility index (Phi) is 4.94. The van der Waals surface area contributed by atoms with Crippen molar-refractivity contribution in [2.75, 3.05) is 13.6 Å². The third-order valence-corrected chi connectivity index (χ3v) is 5.95. The Morgan fingerprint density at radius 1 is 1.11 bits per heavy atom. The summed E-state index contributed by atoms with van der Waals surface area (Å²) in [4.78, 5) is 2.70. The molecule has 0 amide bonds. The number of hydrogen-bond donors (Lipinski definition) is 1. The number of nitrogens with one attached hydrogen (secondary N) is 1. The Labute approximate surface area is 120 Å². The fourth-order valence-corrected chi connectivity index (χ4v) is 3.85. The van der Waals surface area contributed by atoms with Gasteiger partial charge in [-0.3, -0.25) is 4.90 Å². The Morgan fingerprint density at radius 3 is 2.32 bits per heavy atom. The van der Waals surface area contributed by atoms with Crippen molar-refractivity contribution < 1.29 is 0 Å². The van der Waals surface area contributed by atoms with Crippen molar-refractivity contribution in [2.24, 2.45) is 11.3 Å². The lowest BCUT2D eigenvalue weighted by atomic mass is 9.67. The maximum Gasteiger partial charge on any atom is 0.0252 e. The van der Waals surface area contributed by atoms with Crippen LogP contribution in [0.1, 0.15) is 66.2 Å². The second-order valence-electron chi connectivity index (χ2n) is 7.48. The Morgan fingerprint density at radius 2 is 1.79 bits per heavy atom. The number of rotatable bonds is 6. The largest absolute Gasteiger partial charge is 0.313 e. The van der Waals surface area contributed by atoms with Gasteiger partial charge in [-0.2, -0.15) is 0 Å². The van der Waals surface area contributed by atoms with Crippen LogP contribution in [0, 0.1) is 11.3 Å². The van der Waals surface area contributed by atoms with Gasteiger partial charge in [0.1, 0.15) is 0 Å². The summed E-state index contributed by atoms with van der Waals surface area (Å²) in [5.41, 5.74) is 0.514. The van der Waals surface area contributed by atoms with E-state index in [4.69, 9.17) is 0 Å². The lowest BCUT2D eigenvalue weighted by Gasteiger charge is -2.46. The summed E-state index contributed by atoms with van der Waals surface area (Å²) in [6.07, 6.45) is 8.33. The fourth-order valence-electron chi connectivity index (χ4n) is 3.85. The van der Waals surface area contributed by atoms with E-state index in [1.54, 1.807) is 0 Å². The zero-order chi connectivity index (χ0) is 14.0. The molecule has 2 heteroatoms. The molecule has 112 valence electrons. The first-order valence-corrected chi connectivity index (χ1v) is 8.45. The van der Waals surface area contributed by atoms with Crippen LogP contribution in [0.2, 0.25) is 0 Å². The maximum atomic E-state index is 3.75. The molecule has 2 saturated carbocycles. The summed E-state index contributed by atoms with van der Waals surface area (Å²) in [6, 6.07) is 2.37. The van der Waals surface area contributed by atoms with Crippen LogP contribution < -0.4 is 5.32 Å². The normalized spacial score (nSPS) is 32.8. The molecular weight excluding hydrogens is 232 g/mol. The van der Waals surface area contributed by atoms with E-state index in [1.165, 1.54) is 38.5 Å². The molecule has 2 nitrogen and oxygen atoms in total. The van der Waals surface area contributed by atoms with Crippen LogP contribution in [0.25, 0.3) is 0 Å². The number of hydrogen-bond acceptors (Lipinski definition) is 2. The van der Waals surface area contributed by atoms with Crippen molar-refractivity contribution in [3.8, 4) is 0 Å². The van der Waals surface area contributed by atoms with Gasteiger partial charge in [-0.15, -0.1) is 0 Å². The molecule has 0 aliphatic heterocycles. The van der Waals surface area contributed by atoms with Gasteiger partial charge >= 0.3 is 0 Å². The quantitative estimate of drug-likeness (QED) is 0.789. The minimum atomic E-state index is 0.514.